The fraction of sp³-hybridized carbons (Fsp3) is 0.385. The Labute approximate surface area is 114 Å². The lowest BCUT2D eigenvalue weighted by atomic mass is 9.97. The highest BCUT2D eigenvalue weighted by Gasteiger charge is 2.26. The molecule has 1 aliphatic rings. The number of aliphatic carboxylic acids is 1. The van der Waals surface area contributed by atoms with E-state index in [1.165, 1.54) is 0 Å². The zero-order chi connectivity index (χ0) is 13.1. The molecule has 1 aromatic carbocycles. The molecule has 0 bridgehead atoms. The van der Waals surface area contributed by atoms with Gasteiger partial charge in [0.2, 0.25) is 0 Å². The van der Waals surface area contributed by atoms with Gasteiger partial charge >= 0.3 is 5.97 Å². The minimum Gasteiger partial charge on any atom is -0.481 e. The molecular weight excluding hydrogens is 296 g/mol. The topological polar surface area (TPSA) is 64.3 Å². The van der Waals surface area contributed by atoms with Crippen LogP contribution in [0.15, 0.2) is 22.7 Å². The van der Waals surface area contributed by atoms with E-state index in [1.807, 2.05) is 17.0 Å². The standard InChI is InChI=1S/C13H13BrN2O2/c14-11-4-3-9(7-15)12(6-11)16-5-1-2-10(8-16)13(17)18/h3-4,6,10H,1-2,5,8H2,(H,17,18)/t10-/m0/s1. The summed E-state index contributed by atoms with van der Waals surface area (Å²) in [6.45, 7) is 1.27. The molecule has 0 aromatic heterocycles. The molecule has 1 aromatic rings. The van der Waals surface area contributed by atoms with Crippen LogP contribution >= 0.6 is 15.9 Å². The first-order valence-corrected chi connectivity index (χ1v) is 6.58. The van der Waals surface area contributed by atoms with E-state index in [0.717, 1.165) is 23.1 Å². The van der Waals surface area contributed by atoms with Gasteiger partial charge in [-0.05, 0) is 31.0 Å². The number of hydrogen-bond donors (Lipinski definition) is 1. The second-order valence-electron chi connectivity index (χ2n) is 4.40. The van der Waals surface area contributed by atoms with Crippen LogP contribution in [0.1, 0.15) is 18.4 Å². The summed E-state index contributed by atoms with van der Waals surface area (Å²) in [4.78, 5) is 13.0. The quantitative estimate of drug-likeness (QED) is 0.912. The number of carboxylic acid groups (broad SMARTS) is 1. The molecule has 94 valence electrons. The molecule has 0 amide bonds. The molecular formula is C13H13BrN2O2. The fourth-order valence-corrected chi connectivity index (χ4v) is 2.61. The minimum atomic E-state index is -0.756. The van der Waals surface area contributed by atoms with E-state index in [-0.39, 0.29) is 5.92 Å². The highest BCUT2D eigenvalue weighted by Crippen LogP contribution is 2.29. The van der Waals surface area contributed by atoms with E-state index in [2.05, 4.69) is 22.0 Å². The normalized spacial score (nSPS) is 19.3. The van der Waals surface area contributed by atoms with Gasteiger partial charge in [-0.15, -0.1) is 0 Å². The molecule has 1 N–H and O–H groups in total. The number of nitrogens with zero attached hydrogens (tertiary/aromatic N) is 2. The molecule has 1 saturated heterocycles. The predicted molar refractivity (Wildman–Crippen MR) is 71.4 cm³/mol. The van der Waals surface area contributed by atoms with Crippen LogP contribution in [0.5, 0.6) is 0 Å². The Bertz CT molecular complexity index is 510. The van der Waals surface area contributed by atoms with Gasteiger partial charge in [0, 0.05) is 17.6 Å². The molecule has 0 saturated carbocycles. The summed E-state index contributed by atoms with van der Waals surface area (Å²) in [7, 11) is 0. The van der Waals surface area contributed by atoms with Crippen molar-refractivity contribution in [2.75, 3.05) is 18.0 Å². The summed E-state index contributed by atoms with van der Waals surface area (Å²) < 4.78 is 0.897. The van der Waals surface area contributed by atoms with Crippen LogP contribution in [0.4, 0.5) is 5.69 Å². The van der Waals surface area contributed by atoms with Gasteiger partial charge in [-0.1, -0.05) is 15.9 Å². The van der Waals surface area contributed by atoms with Crippen LogP contribution in [0.25, 0.3) is 0 Å². The molecule has 1 aliphatic heterocycles. The van der Waals surface area contributed by atoms with Crippen molar-refractivity contribution in [1.82, 2.24) is 0 Å². The maximum Gasteiger partial charge on any atom is 0.308 e. The van der Waals surface area contributed by atoms with Crippen molar-refractivity contribution in [3.05, 3.63) is 28.2 Å². The second kappa shape index (κ2) is 5.40. The number of benzene rings is 1. The van der Waals surface area contributed by atoms with Gasteiger partial charge in [0.15, 0.2) is 0 Å². The molecule has 4 nitrogen and oxygen atoms in total. The van der Waals surface area contributed by atoms with Crippen LogP contribution in [-0.2, 0) is 4.79 Å². The monoisotopic (exact) mass is 308 g/mol. The zero-order valence-electron chi connectivity index (χ0n) is 9.77. The van der Waals surface area contributed by atoms with Crippen molar-refractivity contribution < 1.29 is 9.90 Å². The Morgan fingerprint density at radius 1 is 1.56 bits per heavy atom. The molecule has 1 fully saturated rings. The summed E-state index contributed by atoms with van der Waals surface area (Å²) >= 11 is 3.38. The summed E-state index contributed by atoms with van der Waals surface area (Å²) in [6.07, 6.45) is 1.55. The summed E-state index contributed by atoms with van der Waals surface area (Å²) in [5.41, 5.74) is 1.40. The average Bonchev–Trinajstić information content (AvgIpc) is 2.39. The third-order valence-electron chi connectivity index (χ3n) is 3.19. The van der Waals surface area contributed by atoms with Crippen molar-refractivity contribution >= 4 is 27.6 Å². The lowest BCUT2D eigenvalue weighted by Crippen LogP contribution is -2.39. The highest BCUT2D eigenvalue weighted by molar-refractivity contribution is 9.10. The van der Waals surface area contributed by atoms with Crippen LogP contribution in [0.3, 0.4) is 0 Å². The molecule has 18 heavy (non-hydrogen) atoms. The van der Waals surface area contributed by atoms with E-state index in [1.54, 1.807) is 6.07 Å². The fourth-order valence-electron chi connectivity index (χ4n) is 2.26. The van der Waals surface area contributed by atoms with Crippen molar-refractivity contribution in [2.24, 2.45) is 5.92 Å². The molecule has 1 heterocycles. The number of hydrogen-bond acceptors (Lipinski definition) is 3. The van der Waals surface area contributed by atoms with Gasteiger partial charge < -0.3 is 10.0 Å². The Hall–Kier alpha value is -1.54. The van der Waals surface area contributed by atoms with Crippen molar-refractivity contribution in [3.8, 4) is 6.07 Å². The van der Waals surface area contributed by atoms with Crippen LogP contribution in [0, 0.1) is 17.2 Å². The number of halogens is 1. The van der Waals surface area contributed by atoms with Crippen LogP contribution in [0.2, 0.25) is 0 Å². The summed E-state index contributed by atoms with van der Waals surface area (Å²) in [5, 5.41) is 18.2. The molecule has 0 aliphatic carbocycles. The zero-order valence-corrected chi connectivity index (χ0v) is 11.4. The Morgan fingerprint density at radius 3 is 3.00 bits per heavy atom. The maximum atomic E-state index is 11.1. The third-order valence-corrected chi connectivity index (χ3v) is 3.68. The predicted octanol–water partition coefficient (Wildman–Crippen LogP) is 2.62. The van der Waals surface area contributed by atoms with E-state index < -0.39 is 5.97 Å². The largest absolute Gasteiger partial charge is 0.481 e. The number of carbonyl (C=O) groups is 1. The minimum absolute atomic E-state index is 0.343. The lowest BCUT2D eigenvalue weighted by molar-refractivity contribution is -0.141. The SMILES string of the molecule is N#Cc1ccc(Br)cc1N1CCC[C@H](C(=O)O)C1. The van der Waals surface area contributed by atoms with Gasteiger partial charge in [0.05, 0.1) is 17.2 Å². The van der Waals surface area contributed by atoms with Gasteiger partial charge in [0.25, 0.3) is 0 Å². The number of rotatable bonds is 2. The Balaban J connectivity index is 2.28. The molecule has 5 heteroatoms. The van der Waals surface area contributed by atoms with Gasteiger partial charge in [-0.25, -0.2) is 0 Å². The van der Waals surface area contributed by atoms with E-state index in [0.29, 0.717) is 18.5 Å². The number of piperidine rings is 1. The molecule has 0 radical (unpaired) electrons. The van der Waals surface area contributed by atoms with Crippen molar-refractivity contribution in [2.45, 2.75) is 12.8 Å². The van der Waals surface area contributed by atoms with Crippen molar-refractivity contribution in [3.63, 3.8) is 0 Å². The number of carboxylic acids is 1. The molecule has 2 rings (SSSR count). The first-order valence-electron chi connectivity index (χ1n) is 5.79. The average molecular weight is 309 g/mol. The smallest absolute Gasteiger partial charge is 0.308 e. The van der Waals surface area contributed by atoms with Gasteiger partial charge in [0.1, 0.15) is 6.07 Å². The van der Waals surface area contributed by atoms with Crippen molar-refractivity contribution in [1.29, 1.82) is 5.26 Å². The van der Waals surface area contributed by atoms with Crippen LogP contribution < -0.4 is 4.90 Å². The highest BCUT2D eigenvalue weighted by atomic mass is 79.9. The van der Waals surface area contributed by atoms with E-state index in [4.69, 9.17) is 10.4 Å². The number of anilines is 1. The molecule has 1 atom stereocenters. The van der Waals surface area contributed by atoms with E-state index >= 15 is 0 Å². The third kappa shape index (κ3) is 2.65. The maximum absolute atomic E-state index is 11.1. The van der Waals surface area contributed by atoms with E-state index in [9.17, 15) is 4.79 Å². The first-order chi connectivity index (χ1) is 8.61. The Kier molecular flexibility index (Phi) is 3.87. The summed E-state index contributed by atoms with van der Waals surface area (Å²) in [6, 6.07) is 7.61. The number of nitriles is 1. The van der Waals surface area contributed by atoms with Gasteiger partial charge in [-0.3, -0.25) is 4.79 Å². The first kappa shape index (κ1) is 12.9. The Morgan fingerprint density at radius 2 is 2.33 bits per heavy atom. The molecule has 0 unspecified atom stereocenters. The lowest BCUT2D eigenvalue weighted by Gasteiger charge is -2.33. The molecule has 0 spiro atoms. The summed E-state index contributed by atoms with van der Waals surface area (Å²) in [5.74, 6) is -1.10. The van der Waals surface area contributed by atoms with Gasteiger partial charge in [-0.2, -0.15) is 5.26 Å². The second-order valence-corrected chi connectivity index (χ2v) is 5.31. The van der Waals surface area contributed by atoms with Crippen LogP contribution in [-0.4, -0.2) is 24.2 Å².